The number of benzene rings is 1. The molecule has 0 saturated carbocycles. The number of alkyl halides is 3. The number of carbonyl (C=O) groups is 1. The van der Waals surface area contributed by atoms with Gasteiger partial charge in [0.05, 0.1) is 11.7 Å². The Hall–Kier alpha value is -1.96. The number of halogens is 3. The number of rotatable bonds is 2. The van der Waals surface area contributed by atoms with Crippen LogP contribution in [0, 0.1) is 0 Å². The fourth-order valence-electron chi connectivity index (χ4n) is 4.92. The van der Waals surface area contributed by atoms with Crippen molar-refractivity contribution in [2.24, 2.45) is 0 Å². The zero-order valence-corrected chi connectivity index (χ0v) is 15.7. The number of fused-ring (bicyclic) bond motifs is 2. The van der Waals surface area contributed by atoms with Crippen LogP contribution in [0.2, 0.25) is 0 Å². The van der Waals surface area contributed by atoms with Crippen LogP contribution in [0.25, 0.3) is 0 Å². The van der Waals surface area contributed by atoms with Crippen LogP contribution < -0.4 is 10.2 Å². The van der Waals surface area contributed by atoms with Crippen molar-refractivity contribution in [1.82, 2.24) is 10.2 Å². The summed E-state index contributed by atoms with van der Waals surface area (Å²) in [5, 5.41) is 13.0. The van der Waals surface area contributed by atoms with Gasteiger partial charge in [-0.2, -0.15) is 13.2 Å². The van der Waals surface area contributed by atoms with E-state index in [1.54, 1.807) is 0 Å². The smallest absolute Gasteiger partial charge is 0.393 e. The molecule has 1 aromatic rings. The molecule has 3 atom stereocenters. The van der Waals surface area contributed by atoms with Gasteiger partial charge in [-0.05, 0) is 62.8 Å². The fraction of sp³-hybridized carbons (Fsp3) is 0.650. The average Bonchev–Trinajstić information content (AvgIpc) is 2.93. The van der Waals surface area contributed by atoms with Crippen molar-refractivity contribution in [2.75, 3.05) is 18.0 Å². The molecule has 154 valence electrons. The molecule has 28 heavy (non-hydrogen) atoms. The maximum Gasteiger partial charge on any atom is 0.416 e. The Bertz CT molecular complexity index is 696. The Morgan fingerprint density at radius 2 is 1.71 bits per heavy atom. The summed E-state index contributed by atoms with van der Waals surface area (Å²) in [5.74, 6) is 0. The molecule has 5 nitrogen and oxygen atoms in total. The van der Waals surface area contributed by atoms with E-state index in [-0.39, 0.29) is 30.3 Å². The van der Waals surface area contributed by atoms with Gasteiger partial charge in [0.2, 0.25) is 0 Å². The molecule has 4 rings (SSSR count). The highest BCUT2D eigenvalue weighted by Crippen LogP contribution is 2.36. The first-order valence-corrected chi connectivity index (χ1v) is 10.0. The Morgan fingerprint density at radius 1 is 1.07 bits per heavy atom. The second-order valence-corrected chi connectivity index (χ2v) is 8.20. The molecule has 2 unspecified atom stereocenters. The lowest BCUT2D eigenvalue weighted by Gasteiger charge is -2.40. The summed E-state index contributed by atoms with van der Waals surface area (Å²) >= 11 is 0. The lowest BCUT2D eigenvalue weighted by molar-refractivity contribution is -0.137. The zero-order valence-electron chi connectivity index (χ0n) is 15.7. The third-order valence-electron chi connectivity index (χ3n) is 6.25. The van der Waals surface area contributed by atoms with Gasteiger partial charge in [-0.25, -0.2) is 4.79 Å². The van der Waals surface area contributed by atoms with Crippen molar-refractivity contribution in [3.8, 4) is 0 Å². The molecule has 0 spiro atoms. The summed E-state index contributed by atoms with van der Waals surface area (Å²) in [6, 6.07) is 5.33. The minimum absolute atomic E-state index is 0.0326. The lowest BCUT2D eigenvalue weighted by Crippen LogP contribution is -2.56. The summed E-state index contributed by atoms with van der Waals surface area (Å²) in [5.41, 5.74) is 0.0917. The van der Waals surface area contributed by atoms with Crippen molar-refractivity contribution < 1.29 is 23.1 Å². The van der Waals surface area contributed by atoms with Crippen LogP contribution in [0.4, 0.5) is 23.7 Å². The highest BCUT2D eigenvalue weighted by molar-refractivity contribution is 5.76. The van der Waals surface area contributed by atoms with Crippen LogP contribution in [0.15, 0.2) is 24.3 Å². The standard InChI is InChI=1S/C20H26F3N3O2/c21-20(22,23)13-3-5-15(6-4-13)25-9-1-2-14(12-25)24-19(28)26-16-7-8-17(26)11-18(27)10-16/h3-6,14,16-18,27H,1-2,7-12H2,(H,24,28)/t14-,16?,17?,18?/m0/s1. The normalized spacial score (nSPS) is 30.4. The number of aliphatic hydroxyl groups is 1. The maximum atomic E-state index is 12.8. The highest BCUT2D eigenvalue weighted by atomic mass is 19.4. The van der Waals surface area contributed by atoms with Crippen molar-refractivity contribution in [2.45, 2.75) is 68.9 Å². The summed E-state index contributed by atoms with van der Waals surface area (Å²) in [7, 11) is 0. The van der Waals surface area contributed by atoms with Crippen LogP contribution in [0.5, 0.6) is 0 Å². The molecule has 2 N–H and O–H groups in total. The second-order valence-electron chi connectivity index (χ2n) is 8.20. The predicted octanol–water partition coefficient (Wildman–Crippen LogP) is 3.37. The fourth-order valence-corrected chi connectivity index (χ4v) is 4.92. The number of amides is 2. The first-order valence-electron chi connectivity index (χ1n) is 10.0. The van der Waals surface area contributed by atoms with Crippen molar-refractivity contribution in [1.29, 1.82) is 0 Å². The van der Waals surface area contributed by atoms with E-state index in [9.17, 15) is 23.1 Å². The molecule has 1 aromatic carbocycles. The highest BCUT2D eigenvalue weighted by Gasteiger charge is 2.43. The molecule has 2 bridgehead atoms. The molecule has 3 aliphatic heterocycles. The SMILES string of the molecule is O=C(N[C@H]1CCCN(c2ccc(C(F)(F)F)cc2)C1)N1C2CCC1CC(O)C2. The van der Waals surface area contributed by atoms with Gasteiger partial charge in [-0.1, -0.05) is 0 Å². The Balaban J connectivity index is 1.37. The van der Waals surface area contributed by atoms with Crippen LogP contribution in [-0.2, 0) is 6.18 Å². The third kappa shape index (κ3) is 3.92. The van der Waals surface area contributed by atoms with Crippen molar-refractivity contribution in [3.63, 3.8) is 0 Å². The number of anilines is 1. The monoisotopic (exact) mass is 397 g/mol. The molecule has 8 heteroatoms. The zero-order chi connectivity index (χ0) is 19.9. The first-order chi connectivity index (χ1) is 13.3. The van der Waals surface area contributed by atoms with Gasteiger partial charge in [0.1, 0.15) is 0 Å². The number of nitrogens with one attached hydrogen (secondary N) is 1. The van der Waals surface area contributed by atoms with Gasteiger partial charge in [-0.3, -0.25) is 0 Å². The van der Waals surface area contributed by atoms with Crippen LogP contribution >= 0.6 is 0 Å². The molecule has 0 radical (unpaired) electrons. The Morgan fingerprint density at radius 3 is 2.32 bits per heavy atom. The van der Waals surface area contributed by atoms with E-state index < -0.39 is 11.7 Å². The number of hydrogen-bond donors (Lipinski definition) is 2. The first kappa shape index (κ1) is 19.4. The van der Waals surface area contributed by atoms with Gasteiger partial charge >= 0.3 is 12.2 Å². The minimum Gasteiger partial charge on any atom is -0.393 e. The molecular weight excluding hydrogens is 371 g/mol. The van der Waals surface area contributed by atoms with Gasteiger partial charge in [-0.15, -0.1) is 0 Å². The van der Waals surface area contributed by atoms with E-state index in [2.05, 4.69) is 5.32 Å². The van der Waals surface area contributed by atoms with E-state index in [1.165, 1.54) is 12.1 Å². The molecule has 3 aliphatic rings. The summed E-state index contributed by atoms with van der Waals surface area (Å²) in [6.45, 7) is 1.35. The van der Waals surface area contributed by atoms with Crippen LogP contribution in [-0.4, -0.2) is 53.4 Å². The van der Waals surface area contributed by atoms with Gasteiger partial charge in [0.15, 0.2) is 0 Å². The number of hydrogen-bond acceptors (Lipinski definition) is 3. The van der Waals surface area contributed by atoms with Gasteiger partial charge in [0.25, 0.3) is 0 Å². The Labute approximate surface area is 162 Å². The topological polar surface area (TPSA) is 55.8 Å². The van der Waals surface area contributed by atoms with E-state index in [0.29, 0.717) is 19.4 Å². The number of piperidine rings is 2. The van der Waals surface area contributed by atoms with E-state index in [1.807, 2.05) is 9.80 Å². The average molecular weight is 397 g/mol. The van der Waals surface area contributed by atoms with E-state index in [4.69, 9.17) is 0 Å². The number of nitrogens with zero attached hydrogens (tertiary/aromatic N) is 2. The van der Waals surface area contributed by atoms with Crippen molar-refractivity contribution >= 4 is 11.7 Å². The predicted molar refractivity (Wildman–Crippen MR) is 99.1 cm³/mol. The lowest BCUT2D eigenvalue weighted by atomic mass is 10.00. The minimum atomic E-state index is -4.34. The molecular formula is C20H26F3N3O2. The molecule has 0 aliphatic carbocycles. The molecule has 3 saturated heterocycles. The summed E-state index contributed by atoms with van der Waals surface area (Å²) in [4.78, 5) is 16.8. The van der Waals surface area contributed by atoms with E-state index in [0.717, 1.165) is 50.0 Å². The molecule has 2 amide bonds. The Kier molecular flexibility index (Phi) is 5.16. The summed E-state index contributed by atoms with van der Waals surface area (Å²) < 4.78 is 38.3. The largest absolute Gasteiger partial charge is 0.416 e. The number of aliphatic hydroxyl groups excluding tert-OH is 1. The molecule has 3 heterocycles. The summed E-state index contributed by atoms with van der Waals surface area (Å²) in [6.07, 6.45) is 0.254. The quantitative estimate of drug-likeness (QED) is 0.805. The third-order valence-corrected chi connectivity index (χ3v) is 6.25. The van der Waals surface area contributed by atoms with Gasteiger partial charge in [0, 0.05) is 36.9 Å². The van der Waals surface area contributed by atoms with Crippen LogP contribution in [0.1, 0.15) is 44.1 Å². The maximum absolute atomic E-state index is 12.8. The number of carbonyl (C=O) groups excluding carboxylic acids is 1. The van der Waals surface area contributed by atoms with Crippen LogP contribution in [0.3, 0.4) is 0 Å². The molecule has 3 fully saturated rings. The molecule has 0 aromatic heterocycles. The van der Waals surface area contributed by atoms with Crippen molar-refractivity contribution in [3.05, 3.63) is 29.8 Å². The van der Waals surface area contributed by atoms with Gasteiger partial charge < -0.3 is 20.2 Å². The number of urea groups is 1. The second kappa shape index (κ2) is 7.46. The van der Waals surface area contributed by atoms with E-state index >= 15 is 0 Å².